The number of aryl methyl sites for hydroxylation is 1. The summed E-state index contributed by atoms with van der Waals surface area (Å²) in [5.74, 6) is 0. The van der Waals surface area contributed by atoms with E-state index in [1.165, 1.54) is 18.2 Å². The molecule has 1 aliphatic rings. The summed E-state index contributed by atoms with van der Waals surface area (Å²) in [6, 6.07) is 4.19. The van der Waals surface area contributed by atoms with Crippen molar-refractivity contribution in [3.05, 3.63) is 23.8 Å². The first-order valence-corrected chi connectivity index (χ1v) is 12.2. The van der Waals surface area contributed by atoms with Crippen LogP contribution >= 0.6 is 0 Å². The van der Waals surface area contributed by atoms with Gasteiger partial charge in [0, 0.05) is 39.0 Å². The monoisotopic (exact) mass is 403 g/mol. The summed E-state index contributed by atoms with van der Waals surface area (Å²) in [6.45, 7) is 7.23. The molecule has 0 unspecified atom stereocenters. The number of unbranched alkanes of at least 4 members (excludes halogenated alkanes) is 1. The molecule has 26 heavy (non-hydrogen) atoms. The zero-order chi connectivity index (χ0) is 19.4. The summed E-state index contributed by atoms with van der Waals surface area (Å²) in [5, 5.41) is 0. The van der Waals surface area contributed by atoms with Crippen LogP contribution in [0.15, 0.2) is 28.0 Å². The maximum atomic E-state index is 12.5. The molecule has 7 nitrogen and oxygen atoms in total. The van der Waals surface area contributed by atoms with Gasteiger partial charge in [-0.05, 0) is 51.1 Å². The molecule has 0 spiro atoms. The summed E-state index contributed by atoms with van der Waals surface area (Å²) < 4.78 is 51.0. The maximum absolute atomic E-state index is 12.5. The van der Waals surface area contributed by atoms with Crippen molar-refractivity contribution in [2.45, 2.75) is 29.6 Å². The maximum Gasteiger partial charge on any atom is 0.240 e. The first kappa shape index (κ1) is 21.3. The minimum atomic E-state index is -3.72. The molecule has 1 heterocycles. The van der Waals surface area contributed by atoms with Gasteiger partial charge in [-0.2, -0.15) is 0 Å². The number of likely N-dealkylation sites (N-methyl/N-ethyl adjacent to an activating group) is 1. The second-order valence-electron chi connectivity index (χ2n) is 6.95. The highest BCUT2D eigenvalue weighted by atomic mass is 32.2. The van der Waals surface area contributed by atoms with Gasteiger partial charge in [0.1, 0.15) is 0 Å². The van der Waals surface area contributed by atoms with Crippen LogP contribution in [0, 0.1) is 6.92 Å². The van der Waals surface area contributed by atoms with E-state index in [1.807, 2.05) is 0 Å². The van der Waals surface area contributed by atoms with E-state index in [4.69, 9.17) is 0 Å². The zero-order valence-electron chi connectivity index (χ0n) is 15.7. The predicted octanol–water partition coefficient (Wildman–Crippen LogP) is 0.704. The highest BCUT2D eigenvalue weighted by Crippen LogP contribution is 2.20. The number of piperazine rings is 1. The second kappa shape index (κ2) is 8.79. The molecule has 1 aliphatic heterocycles. The summed E-state index contributed by atoms with van der Waals surface area (Å²) in [4.78, 5) is 4.74. The average Bonchev–Trinajstić information content (AvgIpc) is 2.55. The highest BCUT2D eigenvalue weighted by molar-refractivity contribution is 7.91. The Morgan fingerprint density at radius 3 is 2.31 bits per heavy atom. The van der Waals surface area contributed by atoms with Crippen LogP contribution < -0.4 is 4.72 Å². The van der Waals surface area contributed by atoms with E-state index in [0.29, 0.717) is 12.1 Å². The molecule has 0 aromatic heterocycles. The minimum Gasteiger partial charge on any atom is -0.304 e. The third kappa shape index (κ3) is 6.02. The van der Waals surface area contributed by atoms with Gasteiger partial charge >= 0.3 is 0 Å². The van der Waals surface area contributed by atoms with Crippen LogP contribution in [0.4, 0.5) is 0 Å². The van der Waals surface area contributed by atoms with E-state index in [9.17, 15) is 16.8 Å². The lowest BCUT2D eigenvalue weighted by Gasteiger charge is -2.32. The number of sulfone groups is 1. The van der Waals surface area contributed by atoms with Crippen molar-refractivity contribution in [1.82, 2.24) is 14.5 Å². The molecule has 1 aromatic carbocycles. The SMILES string of the molecule is Cc1ccc(S(C)(=O)=O)cc1S(=O)(=O)NCCCCN1CCN(C)CC1. The van der Waals surface area contributed by atoms with Crippen LogP contribution in [-0.2, 0) is 19.9 Å². The van der Waals surface area contributed by atoms with E-state index < -0.39 is 19.9 Å². The fraction of sp³-hybridized carbons (Fsp3) is 0.647. The average molecular weight is 404 g/mol. The van der Waals surface area contributed by atoms with E-state index in [1.54, 1.807) is 6.92 Å². The fourth-order valence-corrected chi connectivity index (χ4v) is 4.98. The lowest BCUT2D eigenvalue weighted by Crippen LogP contribution is -2.44. The molecule has 0 atom stereocenters. The third-order valence-corrected chi connectivity index (χ3v) is 7.38. The van der Waals surface area contributed by atoms with Gasteiger partial charge in [0.2, 0.25) is 10.0 Å². The number of hydrogen-bond acceptors (Lipinski definition) is 6. The molecular formula is C17H29N3O4S2. The molecule has 0 bridgehead atoms. The quantitative estimate of drug-likeness (QED) is 0.643. The molecule has 1 aromatic rings. The van der Waals surface area contributed by atoms with Gasteiger partial charge < -0.3 is 9.80 Å². The Morgan fingerprint density at radius 1 is 1.04 bits per heavy atom. The minimum absolute atomic E-state index is 0.0125. The summed E-state index contributed by atoms with van der Waals surface area (Å²) in [6.07, 6.45) is 2.74. The Bertz CT molecular complexity index is 814. The first-order valence-electron chi connectivity index (χ1n) is 8.81. The number of benzene rings is 1. The number of nitrogens with one attached hydrogen (secondary N) is 1. The lowest BCUT2D eigenvalue weighted by atomic mass is 10.2. The molecule has 0 amide bonds. The largest absolute Gasteiger partial charge is 0.304 e. The summed E-state index contributed by atoms with van der Waals surface area (Å²) >= 11 is 0. The Balaban J connectivity index is 1.87. The Labute approximate surface area is 157 Å². The first-order chi connectivity index (χ1) is 12.1. The topological polar surface area (TPSA) is 86.8 Å². The van der Waals surface area contributed by atoms with E-state index in [-0.39, 0.29) is 9.79 Å². The number of nitrogens with zero attached hydrogens (tertiary/aromatic N) is 2. The van der Waals surface area contributed by atoms with Crippen molar-refractivity contribution < 1.29 is 16.8 Å². The van der Waals surface area contributed by atoms with E-state index in [0.717, 1.165) is 51.8 Å². The molecule has 1 N–H and O–H groups in total. The van der Waals surface area contributed by atoms with Gasteiger partial charge in [0.25, 0.3) is 0 Å². The summed E-state index contributed by atoms with van der Waals surface area (Å²) in [5.41, 5.74) is 0.530. The Morgan fingerprint density at radius 2 is 1.69 bits per heavy atom. The molecule has 9 heteroatoms. The van der Waals surface area contributed by atoms with Gasteiger partial charge in [-0.25, -0.2) is 21.6 Å². The molecular weight excluding hydrogens is 374 g/mol. The van der Waals surface area contributed by atoms with Gasteiger partial charge in [-0.15, -0.1) is 0 Å². The van der Waals surface area contributed by atoms with Crippen LogP contribution in [0.3, 0.4) is 0 Å². The van der Waals surface area contributed by atoms with Gasteiger partial charge in [-0.3, -0.25) is 0 Å². The van der Waals surface area contributed by atoms with Crippen molar-refractivity contribution in [2.24, 2.45) is 0 Å². The van der Waals surface area contributed by atoms with Crippen molar-refractivity contribution in [2.75, 3.05) is 52.6 Å². The van der Waals surface area contributed by atoms with E-state index >= 15 is 0 Å². The van der Waals surface area contributed by atoms with Crippen LogP contribution in [0.25, 0.3) is 0 Å². The van der Waals surface area contributed by atoms with Crippen LogP contribution in [-0.4, -0.2) is 79.2 Å². The molecule has 0 saturated carbocycles. The molecule has 0 radical (unpaired) electrons. The smallest absolute Gasteiger partial charge is 0.240 e. The molecule has 2 rings (SSSR count). The van der Waals surface area contributed by atoms with Crippen molar-refractivity contribution in [3.63, 3.8) is 0 Å². The van der Waals surface area contributed by atoms with Crippen LogP contribution in [0.1, 0.15) is 18.4 Å². The van der Waals surface area contributed by atoms with E-state index in [2.05, 4.69) is 21.6 Å². The van der Waals surface area contributed by atoms with Gasteiger partial charge in [0.15, 0.2) is 9.84 Å². The molecule has 148 valence electrons. The zero-order valence-corrected chi connectivity index (χ0v) is 17.4. The van der Waals surface area contributed by atoms with Crippen molar-refractivity contribution >= 4 is 19.9 Å². The molecule has 0 aliphatic carbocycles. The number of sulfonamides is 1. The number of rotatable bonds is 8. The highest BCUT2D eigenvalue weighted by Gasteiger charge is 2.19. The second-order valence-corrected chi connectivity index (χ2v) is 10.7. The number of hydrogen-bond donors (Lipinski definition) is 1. The van der Waals surface area contributed by atoms with Crippen molar-refractivity contribution in [1.29, 1.82) is 0 Å². The lowest BCUT2D eigenvalue weighted by molar-refractivity contribution is 0.152. The molecule has 1 fully saturated rings. The normalized spacial score (nSPS) is 17.5. The fourth-order valence-electron chi connectivity index (χ4n) is 2.92. The predicted molar refractivity (Wildman–Crippen MR) is 103 cm³/mol. The summed E-state index contributed by atoms with van der Waals surface area (Å²) in [7, 11) is -5.05. The Kier molecular flexibility index (Phi) is 7.20. The van der Waals surface area contributed by atoms with Crippen molar-refractivity contribution in [3.8, 4) is 0 Å². The standard InChI is InChI=1S/C17H29N3O4S2/c1-15-6-7-16(25(3,21)22)14-17(15)26(23,24)18-8-4-5-9-20-12-10-19(2)11-13-20/h6-7,14,18H,4-5,8-13H2,1-3H3. The van der Waals surface area contributed by atoms with Crippen LogP contribution in [0.5, 0.6) is 0 Å². The third-order valence-electron chi connectivity index (χ3n) is 4.67. The Hall–Kier alpha value is -1.00. The van der Waals surface area contributed by atoms with Crippen LogP contribution in [0.2, 0.25) is 0 Å². The van der Waals surface area contributed by atoms with Gasteiger partial charge in [0.05, 0.1) is 9.79 Å². The molecule has 1 saturated heterocycles. The van der Waals surface area contributed by atoms with Gasteiger partial charge in [-0.1, -0.05) is 6.07 Å².